The molecule has 1 aromatic rings. The van der Waals surface area contributed by atoms with Crippen LogP contribution in [-0.2, 0) is 16.0 Å². The van der Waals surface area contributed by atoms with Gasteiger partial charge in [-0.05, 0) is 42.4 Å². The van der Waals surface area contributed by atoms with Gasteiger partial charge in [0.15, 0.2) is 0 Å². The summed E-state index contributed by atoms with van der Waals surface area (Å²) < 4.78 is 0. The smallest absolute Gasteiger partial charge is 0.224 e. The van der Waals surface area contributed by atoms with Gasteiger partial charge in [0.25, 0.3) is 0 Å². The van der Waals surface area contributed by atoms with E-state index in [9.17, 15) is 14.7 Å². The normalized spacial score (nSPS) is 28.8. The molecule has 4 atom stereocenters. The lowest BCUT2D eigenvalue weighted by Gasteiger charge is -2.27. The van der Waals surface area contributed by atoms with Crippen molar-refractivity contribution in [2.45, 2.75) is 12.8 Å². The van der Waals surface area contributed by atoms with E-state index in [4.69, 9.17) is 11.6 Å². The average molecular weight is 319 g/mol. The number of carbonyl (C=O) groups excluding carboxylic acids is 2. The van der Waals surface area contributed by atoms with Crippen LogP contribution in [0.15, 0.2) is 36.4 Å². The minimum absolute atomic E-state index is 0.0310. The standard InChI is InChI=1S/C17H18ClNO3/c18-13-5-1-10(2-6-13)7-8-19-16(20)14-11-3-4-12(9-11)15(14)17(21)22/h1-6,11-12,14-15H,7-9H2,(H,19,20)(H,21,22)/p-1/t11-,12+,14-,15+/m1/s1. The molecule has 1 amide bonds. The molecule has 0 unspecified atom stereocenters. The number of hydrogen-bond acceptors (Lipinski definition) is 3. The summed E-state index contributed by atoms with van der Waals surface area (Å²) in [6, 6.07) is 7.45. The maximum absolute atomic E-state index is 12.3. The number of aliphatic carboxylic acids is 1. The highest BCUT2D eigenvalue weighted by Gasteiger charge is 2.48. The minimum Gasteiger partial charge on any atom is -0.550 e. The molecule has 0 heterocycles. The van der Waals surface area contributed by atoms with Gasteiger partial charge in [-0.1, -0.05) is 35.9 Å². The number of amides is 1. The summed E-state index contributed by atoms with van der Waals surface area (Å²) in [5.74, 6) is -2.50. The van der Waals surface area contributed by atoms with Crippen molar-refractivity contribution in [1.82, 2.24) is 5.32 Å². The number of rotatable bonds is 5. The Labute approximate surface area is 134 Å². The molecule has 0 aliphatic heterocycles. The van der Waals surface area contributed by atoms with Gasteiger partial charge in [0.05, 0.1) is 5.92 Å². The average Bonchev–Trinajstić information content (AvgIpc) is 3.09. The SMILES string of the molecule is O=C([O-])[C@@H]1[C@H](C(=O)NCCc2ccc(Cl)cc2)[C@@H]2C=C[C@H]1C2. The van der Waals surface area contributed by atoms with Gasteiger partial charge in [0, 0.05) is 23.5 Å². The van der Waals surface area contributed by atoms with Crippen LogP contribution in [0.3, 0.4) is 0 Å². The number of allylic oxidation sites excluding steroid dienone is 2. The Hall–Kier alpha value is -1.81. The number of fused-ring (bicyclic) bond motifs is 2. The molecule has 1 saturated carbocycles. The second-order valence-electron chi connectivity index (χ2n) is 5.99. The van der Waals surface area contributed by atoms with Gasteiger partial charge in [-0.3, -0.25) is 4.79 Å². The molecule has 4 nitrogen and oxygen atoms in total. The molecule has 1 N–H and O–H groups in total. The van der Waals surface area contributed by atoms with Crippen molar-refractivity contribution in [1.29, 1.82) is 0 Å². The summed E-state index contributed by atoms with van der Waals surface area (Å²) in [4.78, 5) is 23.6. The Bertz CT molecular complexity index is 611. The van der Waals surface area contributed by atoms with Crippen molar-refractivity contribution >= 4 is 23.5 Å². The number of carbonyl (C=O) groups is 2. The van der Waals surface area contributed by atoms with Crippen LogP contribution >= 0.6 is 11.6 Å². The fourth-order valence-electron chi connectivity index (χ4n) is 3.60. The van der Waals surface area contributed by atoms with Crippen molar-refractivity contribution in [3.05, 3.63) is 47.0 Å². The second-order valence-corrected chi connectivity index (χ2v) is 6.42. The van der Waals surface area contributed by atoms with Crippen molar-refractivity contribution < 1.29 is 14.7 Å². The lowest BCUT2D eigenvalue weighted by Crippen LogP contribution is -2.45. The molecule has 1 aromatic carbocycles. The van der Waals surface area contributed by atoms with Gasteiger partial charge >= 0.3 is 0 Å². The molecule has 0 saturated heterocycles. The van der Waals surface area contributed by atoms with Gasteiger partial charge in [-0.15, -0.1) is 0 Å². The van der Waals surface area contributed by atoms with Crippen molar-refractivity contribution in [3.63, 3.8) is 0 Å². The van der Waals surface area contributed by atoms with Crippen LogP contribution in [0.2, 0.25) is 5.02 Å². The van der Waals surface area contributed by atoms with Crippen LogP contribution < -0.4 is 10.4 Å². The number of benzene rings is 1. The minimum atomic E-state index is -1.12. The topological polar surface area (TPSA) is 69.2 Å². The first-order valence-corrected chi connectivity index (χ1v) is 7.85. The van der Waals surface area contributed by atoms with Crippen molar-refractivity contribution in [2.24, 2.45) is 23.7 Å². The van der Waals surface area contributed by atoms with Crippen LogP contribution in [-0.4, -0.2) is 18.4 Å². The van der Waals surface area contributed by atoms with Crippen LogP contribution in [0.5, 0.6) is 0 Å². The summed E-state index contributed by atoms with van der Waals surface area (Å²) in [5, 5.41) is 14.8. The number of nitrogens with one attached hydrogen (secondary N) is 1. The third-order valence-corrected chi connectivity index (χ3v) is 4.91. The number of carboxylic acid groups (broad SMARTS) is 1. The molecule has 5 heteroatoms. The number of hydrogen-bond donors (Lipinski definition) is 1. The van der Waals surface area contributed by atoms with E-state index < -0.39 is 17.8 Å². The third kappa shape index (κ3) is 2.88. The first-order valence-electron chi connectivity index (χ1n) is 7.47. The van der Waals surface area contributed by atoms with Crippen LogP contribution in [0.1, 0.15) is 12.0 Å². The Kier molecular flexibility index (Phi) is 4.21. The summed E-state index contributed by atoms with van der Waals surface area (Å²) in [5.41, 5.74) is 1.08. The fourth-order valence-corrected chi connectivity index (χ4v) is 3.73. The molecule has 0 spiro atoms. The molecule has 0 radical (unpaired) electrons. The molecule has 22 heavy (non-hydrogen) atoms. The zero-order valence-corrected chi connectivity index (χ0v) is 12.8. The maximum atomic E-state index is 12.3. The lowest BCUT2D eigenvalue weighted by atomic mass is 9.82. The van der Waals surface area contributed by atoms with Crippen LogP contribution in [0.25, 0.3) is 0 Å². The Morgan fingerprint density at radius 3 is 2.41 bits per heavy atom. The lowest BCUT2D eigenvalue weighted by molar-refractivity contribution is -0.313. The predicted octanol–water partition coefficient (Wildman–Crippen LogP) is 1.19. The Morgan fingerprint density at radius 1 is 1.14 bits per heavy atom. The van der Waals surface area contributed by atoms with Crippen LogP contribution in [0.4, 0.5) is 0 Å². The highest BCUT2D eigenvalue weighted by atomic mass is 35.5. The zero-order valence-electron chi connectivity index (χ0n) is 12.0. The molecule has 0 aromatic heterocycles. The van der Waals surface area contributed by atoms with E-state index in [2.05, 4.69) is 5.32 Å². The maximum Gasteiger partial charge on any atom is 0.224 e. The summed E-state index contributed by atoms with van der Waals surface area (Å²) in [6.07, 6.45) is 5.31. The van der Waals surface area contributed by atoms with Gasteiger partial charge in [-0.2, -0.15) is 0 Å². The highest BCUT2D eigenvalue weighted by Crippen LogP contribution is 2.47. The van der Waals surface area contributed by atoms with Crippen molar-refractivity contribution in [3.8, 4) is 0 Å². The number of carboxylic acids is 1. The van der Waals surface area contributed by atoms with E-state index in [1.54, 1.807) is 0 Å². The first kappa shape index (κ1) is 15.1. The summed E-state index contributed by atoms with van der Waals surface area (Å²) in [6.45, 7) is 0.484. The molecule has 2 aliphatic rings. The van der Waals surface area contributed by atoms with Gasteiger partial charge in [-0.25, -0.2) is 0 Å². The molecule has 2 aliphatic carbocycles. The Balaban J connectivity index is 1.56. The quantitative estimate of drug-likeness (QED) is 0.829. The van der Waals surface area contributed by atoms with E-state index in [1.165, 1.54) is 0 Å². The van der Waals surface area contributed by atoms with E-state index in [-0.39, 0.29) is 17.7 Å². The van der Waals surface area contributed by atoms with E-state index >= 15 is 0 Å². The van der Waals surface area contributed by atoms with Crippen molar-refractivity contribution in [2.75, 3.05) is 6.54 Å². The van der Waals surface area contributed by atoms with E-state index in [0.717, 1.165) is 12.0 Å². The second kappa shape index (κ2) is 6.13. The fraction of sp³-hybridized carbons (Fsp3) is 0.412. The monoisotopic (exact) mass is 318 g/mol. The largest absolute Gasteiger partial charge is 0.550 e. The first-order chi connectivity index (χ1) is 10.6. The van der Waals surface area contributed by atoms with Gasteiger partial charge in [0.1, 0.15) is 0 Å². The van der Waals surface area contributed by atoms with Gasteiger partial charge < -0.3 is 15.2 Å². The zero-order chi connectivity index (χ0) is 15.7. The Morgan fingerprint density at radius 2 is 1.77 bits per heavy atom. The molecule has 2 bridgehead atoms. The summed E-state index contributed by atoms with van der Waals surface area (Å²) in [7, 11) is 0. The third-order valence-electron chi connectivity index (χ3n) is 4.66. The van der Waals surface area contributed by atoms with E-state index in [1.807, 2.05) is 36.4 Å². The molecular weight excluding hydrogens is 302 g/mol. The summed E-state index contributed by atoms with van der Waals surface area (Å²) >= 11 is 5.83. The predicted molar refractivity (Wildman–Crippen MR) is 80.9 cm³/mol. The molecule has 3 rings (SSSR count). The molecule has 1 fully saturated rings. The number of halogens is 1. The van der Waals surface area contributed by atoms with Gasteiger partial charge in [0.2, 0.25) is 5.91 Å². The van der Waals surface area contributed by atoms with Crippen LogP contribution in [0, 0.1) is 23.7 Å². The molecular formula is C17H17ClNO3-. The van der Waals surface area contributed by atoms with E-state index in [0.29, 0.717) is 18.0 Å². The molecule has 116 valence electrons. The highest BCUT2D eigenvalue weighted by molar-refractivity contribution is 6.30.